The zero-order chi connectivity index (χ0) is 12.1. The summed E-state index contributed by atoms with van der Waals surface area (Å²) in [6, 6.07) is 7.98. The number of aromatic nitrogens is 1. The van der Waals surface area contributed by atoms with E-state index in [1.54, 1.807) is 17.5 Å². The third kappa shape index (κ3) is 3.28. The van der Waals surface area contributed by atoms with E-state index in [0.29, 0.717) is 0 Å². The van der Waals surface area contributed by atoms with Crippen molar-refractivity contribution in [1.82, 2.24) is 4.98 Å². The van der Waals surface area contributed by atoms with Gasteiger partial charge in [-0.05, 0) is 35.6 Å². The smallest absolute Gasteiger partial charge is 0.128 e. The normalized spacial score (nSPS) is 10.5. The Morgan fingerprint density at radius 2 is 2.29 bits per heavy atom. The number of nitrogens with zero attached hydrogens (tertiary/aromatic N) is 2. The van der Waals surface area contributed by atoms with Crippen molar-refractivity contribution in [3.63, 3.8) is 0 Å². The minimum absolute atomic E-state index is 0.0638. The molecule has 4 heteroatoms. The Hall–Kier alpha value is -1.39. The molecule has 0 amide bonds. The number of likely N-dealkylation sites (N-methyl/N-ethyl adjacent to an activating group) is 1. The fraction of sp³-hybridized carbons (Fsp3) is 0.308. The number of aliphatic hydroxyl groups excluding tert-OH is 1. The largest absolute Gasteiger partial charge is 0.392 e. The number of hydrogen-bond acceptors (Lipinski definition) is 4. The molecule has 0 spiro atoms. The maximum atomic E-state index is 9.08. The molecule has 0 saturated heterocycles. The number of aliphatic hydroxyl groups is 1. The van der Waals surface area contributed by atoms with E-state index in [2.05, 4.69) is 27.4 Å². The van der Waals surface area contributed by atoms with Crippen LogP contribution in [0.5, 0.6) is 0 Å². The molecular weight excluding hydrogens is 232 g/mol. The van der Waals surface area contributed by atoms with Crippen molar-refractivity contribution in [3.05, 3.63) is 46.3 Å². The highest BCUT2D eigenvalue weighted by molar-refractivity contribution is 7.09. The van der Waals surface area contributed by atoms with Crippen LogP contribution in [-0.2, 0) is 13.0 Å². The van der Waals surface area contributed by atoms with Crippen LogP contribution in [0, 0.1) is 0 Å². The highest BCUT2D eigenvalue weighted by atomic mass is 32.1. The summed E-state index contributed by atoms with van der Waals surface area (Å²) in [4.78, 5) is 7.80. The maximum absolute atomic E-state index is 9.08. The molecular formula is C13H16N2OS. The lowest BCUT2D eigenvalue weighted by Gasteiger charge is -2.18. The lowest BCUT2D eigenvalue weighted by Crippen LogP contribution is -2.21. The Labute approximate surface area is 105 Å². The predicted octanol–water partition coefficient (Wildman–Crippen LogP) is 2.31. The zero-order valence-corrected chi connectivity index (χ0v) is 10.7. The standard InChI is InChI=1S/C13H16N2OS/c1-15(7-5-12-3-2-8-17-12)13-9-11(10-16)4-6-14-13/h2-4,6,8-9,16H,5,7,10H2,1H3. The third-order valence-corrected chi connectivity index (χ3v) is 3.59. The van der Waals surface area contributed by atoms with Gasteiger partial charge in [-0.3, -0.25) is 0 Å². The molecule has 0 radical (unpaired) electrons. The Balaban J connectivity index is 1.96. The maximum Gasteiger partial charge on any atom is 0.128 e. The zero-order valence-electron chi connectivity index (χ0n) is 9.84. The van der Waals surface area contributed by atoms with Gasteiger partial charge in [0.15, 0.2) is 0 Å². The van der Waals surface area contributed by atoms with Crippen molar-refractivity contribution < 1.29 is 5.11 Å². The molecule has 2 aromatic rings. The van der Waals surface area contributed by atoms with Gasteiger partial charge in [-0.15, -0.1) is 11.3 Å². The molecule has 0 unspecified atom stereocenters. The molecule has 0 aliphatic rings. The van der Waals surface area contributed by atoms with Gasteiger partial charge in [-0.1, -0.05) is 6.07 Å². The molecule has 0 saturated carbocycles. The van der Waals surface area contributed by atoms with Crippen LogP contribution in [0.1, 0.15) is 10.4 Å². The van der Waals surface area contributed by atoms with Crippen LogP contribution in [0.3, 0.4) is 0 Å². The van der Waals surface area contributed by atoms with Gasteiger partial charge in [0.2, 0.25) is 0 Å². The van der Waals surface area contributed by atoms with Gasteiger partial charge < -0.3 is 10.0 Å². The summed E-state index contributed by atoms with van der Waals surface area (Å²) >= 11 is 1.78. The topological polar surface area (TPSA) is 36.4 Å². The first kappa shape index (κ1) is 12.1. The molecule has 3 nitrogen and oxygen atoms in total. The first-order valence-corrected chi connectivity index (χ1v) is 6.47. The summed E-state index contributed by atoms with van der Waals surface area (Å²) < 4.78 is 0. The number of hydrogen-bond donors (Lipinski definition) is 1. The van der Waals surface area contributed by atoms with Crippen molar-refractivity contribution in [1.29, 1.82) is 0 Å². The monoisotopic (exact) mass is 248 g/mol. The van der Waals surface area contributed by atoms with Crippen molar-refractivity contribution in [3.8, 4) is 0 Å². The van der Waals surface area contributed by atoms with E-state index in [-0.39, 0.29) is 6.61 Å². The van der Waals surface area contributed by atoms with Crippen molar-refractivity contribution in [2.45, 2.75) is 13.0 Å². The Morgan fingerprint density at radius 3 is 3.00 bits per heavy atom. The van der Waals surface area contributed by atoms with Gasteiger partial charge in [0.25, 0.3) is 0 Å². The van der Waals surface area contributed by atoms with E-state index in [9.17, 15) is 0 Å². The summed E-state index contributed by atoms with van der Waals surface area (Å²) in [6.45, 7) is 0.997. The first-order valence-electron chi connectivity index (χ1n) is 5.59. The second-order valence-corrected chi connectivity index (χ2v) is 4.96. The fourth-order valence-corrected chi connectivity index (χ4v) is 2.31. The lowest BCUT2D eigenvalue weighted by molar-refractivity contribution is 0.281. The summed E-state index contributed by atoms with van der Waals surface area (Å²) in [6.07, 6.45) is 2.77. The molecule has 90 valence electrons. The van der Waals surface area contributed by atoms with Crippen molar-refractivity contribution in [2.24, 2.45) is 0 Å². The third-order valence-electron chi connectivity index (χ3n) is 2.66. The quantitative estimate of drug-likeness (QED) is 0.882. The molecule has 17 heavy (non-hydrogen) atoms. The molecule has 0 aliphatic heterocycles. The van der Waals surface area contributed by atoms with Crippen LogP contribution in [0.4, 0.5) is 5.82 Å². The summed E-state index contributed by atoms with van der Waals surface area (Å²) in [7, 11) is 2.02. The molecule has 0 bridgehead atoms. The molecule has 2 heterocycles. The molecule has 1 N–H and O–H groups in total. The van der Waals surface area contributed by atoms with Gasteiger partial charge in [-0.25, -0.2) is 4.98 Å². The SMILES string of the molecule is CN(CCc1cccs1)c1cc(CO)ccn1. The highest BCUT2D eigenvalue weighted by Crippen LogP contribution is 2.14. The van der Waals surface area contributed by atoms with Crippen LogP contribution in [-0.4, -0.2) is 23.7 Å². The molecule has 0 aromatic carbocycles. The lowest BCUT2D eigenvalue weighted by atomic mass is 10.2. The predicted molar refractivity (Wildman–Crippen MR) is 71.5 cm³/mol. The van der Waals surface area contributed by atoms with Gasteiger partial charge in [0.05, 0.1) is 6.61 Å². The van der Waals surface area contributed by atoms with Gasteiger partial charge in [0, 0.05) is 24.7 Å². The highest BCUT2D eigenvalue weighted by Gasteiger charge is 2.04. The number of pyridine rings is 1. The summed E-state index contributed by atoms with van der Waals surface area (Å²) in [5.41, 5.74) is 0.901. The van der Waals surface area contributed by atoms with Crippen molar-refractivity contribution >= 4 is 17.2 Å². The summed E-state index contributed by atoms with van der Waals surface area (Å²) in [5, 5.41) is 11.2. The van der Waals surface area contributed by atoms with E-state index in [1.165, 1.54) is 4.88 Å². The average Bonchev–Trinajstić information content (AvgIpc) is 2.89. The van der Waals surface area contributed by atoms with Gasteiger partial charge >= 0.3 is 0 Å². The van der Waals surface area contributed by atoms with Gasteiger partial charge in [-0.2, -0.15) is 0 Å². The second kappa shape index (κ2) is 5.80. The van der Waals surface area contributed by atoms with Crippen LogP contribution >= 0.6 is 11.3 Å². The molecule has 0 aliphatic carbocycles. The van der Waals surface area contributed by atoms with E-state index >= 15 is 0 Å². The number of anilines is 1. The minimum atomic E-state index is 0.0638. The van der Waals surface area contributed by atoms with E-state index < -0.39 is 0 Å². The van der Waals surface area contributed by atoms with Gasteiger partial charge in [0.1, 0.15) is 5.82 Å². The molecule has 2 aromatic heterocycles. The van der Waals surface area contributed by atoms with Crippen LogP contribution in [0.2, 0.25) is 0 Å². The second-order valence-electron chi connectivity index (χ2n) is 3.93. The first-order chi connectivity index (χ1) is 8.29. The average molecular weight is 248 g/mol. The fourth-order valence-electron chi connectivity index (χ4n) is 1.61. The molecule has 0 fully saturated rings. The Morgan fingerprint density at radius 1 is 1.41 bits per heavy atom. The molecule has 0 atom stereocenters. The Bertz CT molecular complexity index is 456. The van der Waals surface area contributed by atoms with Crippen LogP contribution in [0.25, 0.3) is 0 Å². The van der Waals surface area contributed by atoms with Crippen molar-refractivity contribution in [2.75, 3.05) is 18.5 Å². The van der Waals surface area contributed by atoms with Crippen LogP contribution < -0.4 is 4.90 Å². The van der Waals surface area contributed by atoms with E-state index in [1.807, 2.05) is 19.2 Å². The Kier molecular flexibility index (Phi) is 4.12. The van der Waals surface area contributed by atoms with Crippen LogP contribution in [0.15, 0.2) is 35.8 Å². The number of thiophene rings is 1. The molecule has 2 rings (SSSR count). The van der Waals surface area contributed by atoms with E-state index in [0.717, 1.165) is 24.3 Å². The van der Waals surface area contributed by atoms with E-state index in [4.69, 9.17) is 5.11 Å². The minimum Gasteiger partial charge on any atom is -0.392 e. The number of rotatable bonds is 5. The summed E-state index contributed by atoms with van der Waals surface area (Å²) in [5.74, 6) is 0.910.